The van der Waals surface area contributed by atoms with Gasteiger partial charge in [-0.05, 0) is 7.05 Å². The van der Waals surface area contributed by atoms with Crippen molar-refractivity contribution in [2.24, 2.45) is 0 Å². The average Bonchev–Trinajstić information content (AvgIpc) is 2.73. The smallest absolute Gasteiger partial charge is 0.162 e. The van der Waals surface area contributed by atoms with Gasteiger partial charge in [-0.15, -0.1) is 0 Å². The summed E-state index contributed by atoms with van der Waals surface area (Å²) in [7, 11) is 3.60. The van der Waals surface area contributed by atoms with Crippen LogP contribution >= 0.6 is 0 Å². The zero-order chi connectivity index (χ0) is 12.5. The summed E-state index contributed by atoms with van der Waals surface area (Å²) in [5.74, 6) is 0.729. The van der Waals surface area contributed by atoms with Crippen molar-refractivity contribution < 1.29 is 19.1 Å². The van der Waals surface area contributed by atoms with E-state index in [1.165, 1.54) is 0 Å². The van der Waals surface area contributed by atoms with Gasteiger partial charge in [0, 0.05) is 26.3 Å². The van der Waals surface area contributed by atoms with Crippen LogP contribution in [0.1, 0.15) is 11.5 Å². The number of hydrogen-bond acceptors (Lipinski definition) is 6. The molecule has 0 amide bonds. The molecular weight excluding hydrogens is 224 g/mol. The van der Waals surface area contributed by atoms with Gasteiger partial charge < -0.3 is 19.1 Å². The van der Waals surface area contributed by atoms with E-state index in [4.69, 9.17) is 19.1 Å². The van der Waals surface area contributed by atoms with Crippen molar-refractivity contribution in [2.45, 2.75) is 13.2 Å². The summed E-state index contributed by atoms with van der Waals surface area (Å²) in [4.78, 5) is 2.08. The maximum atomic E-state index is 8.55. The molecular formula is C11H20N2O4. The number of rotatable bonds is 9. The first-order valence-electron chi connectivity index (χ1n) is 5.56. The highest BCUT2D eigenvalue weighted by molar-refractivity contribution is 5.04. The maximum Gasteiger partial charge on any atom is 0.162 e. The summed E-state index contributed by atoms with van der Waals surface area (Å²) in [6.07, 6.45) is 0. The normalized spacial score (nSPS) is 11.3. The van der Waals surface area contributed by atoms with E-state index in [0.29, 0.717) is 26.4 Å². The van der Waals surface area contributed by atoms with E-state index in [1.807, 2.05) is 13.1 Å². The van der Waals surface area contributed by atoms with Gasteiger partial charge >= 0.3 is 0 Å². The molecule has 0 radical (unpaired) electrons. The minimum atomic E-state index is 0.0629. The Morgan fingerprint density at radius 2 is 2.29 bits per heavy atom. The van der Waals surface area contributed by atoms with Crippen LogP contribution in [-0.4, -0.2) is 55.7 Å². The Labute approximate surface area is 101 Å². The third-order valence-electron chi connectivity index (χ3n) is 2.18. The van der Waals surface area contributed by atoms with Crippen molar-refractivity contribution in [3.8, 4) is 0 Å². The monoisotopic (exact) mass is 244 g/mol. The average molecular weight is 244 g/mol. The molecule has 0 saturated carbocycles. The molecule has 0 saturated heterocycles. The molecule has 0 aliphatic carbocycles. The van der Waals surface area contributed by atoms with E-state index in [0.717, 1.165) is 18.0 Å². The molecule has 1 N–H and O–H groups in total. The van der Waals surface area contributed by atoms with Crippen LogP contribution in [0.4, 0.5) is 0 Å². The van der Waals surface area contributed by atoms with Crippen molar-refractivity contribution in [2.75, 3.05) is 40.5 Å². The number of likely N-dealkylation sites (N-methyl/N-ethyl adjacent to an activating group) is 1. The second kappa shape index (κ2) is 8.19. The van der Waals surface area contributed by atoms with Gasteiger partial charge in [0.2, 0.25) is 0 Å². The molecule has 6 nitrogen and oxygen atoms in total. The van der Waals surface area contributed by atoms with Crippen LogP contribution in [0.25, 0.3) is 0 Å². The van der Waals surface area contributed by atoms with Crippen molar-refractivity contribution in [1.29, 1.82) is 0 Å². The van der Waals surface area contributed by atoms with E-state index in [9.17, 15) is 0 Å². The van der Waals surface area contributed by atoms with Crippen molar-refractivity contribution in [1.82, 2.24) is 10.1 Å². The Morgan fingerprint density at radius 3 is 3.00 bits per heavy atom. The van der Waals surface area contributed by atoms with E-state index in [-0.39, 0.29) is 6.61 Å². The molecule has 6 heteroatoms. The lowest BCUT2D eigenvalue weighted by Crippen LogP contribution is -2.23. The van der Waals surface area contributed by atoms with Gasteiger partial charge in [-0.1, -0.05) is 5.16 Å². The van der Waals surface area contributed by atoms with Crippen molar-refractivity contribution in [3.05, 3.63) is 17.5 Å². The molecule has 0 aliphatic rings. The van der Waals surface area contributed by atoms with Gasteiger partial charge in [0.25, 0.3) is 0 Å². The van der Waals surface area contributed by atoms with Crippen molar-refractivity contribution >= 4 is 0 Å². The van der Waals surface area contributed by atoms with Crippen LogP contribution in [0.5, 0.6) is 0 Å². The highest BCUT2D eigenvalue weighted by Gasteiger charge is 2.06. The van der Waals surface area contributed by atoms with Crippen LogP contribution in [0.15, 0.2) is 10.6 Å². The van der Waals surface area contributed by atoms with Gasteiger partial charge in [-0.2, -0.15) is 0 Å². The summed E-state index contributed by atoms with van der Waals surface area (Å²) in [5, 5.41) is 12.5. The molecule has 0 bridgehead atoms. The van der Waals surface area contributed by atoms with Gasteiger partial charge in [-0.3, -0.25) is 4.90 Å². The van der Waals surface area contributed by atoms with Gasteiger partial charge in [0.1, 0.15) is 6.61 Å². The lowest BCUT2D eigenvalue weighted by molar-refractivity contribution is 0.0769. The second-order valence-corrected chi connectivity index (χ2v) is 3.79. The van der Waals surface area contributed by atoms with Crippen molar-refractivity contribution in [3.63, 3.8) is 0 Å². The molecule has 1 rings (SSSR count). The molecule has 0 atom stereocenters. The molecule has 17 heavy (non-hydrogen) atoms. The standard InChI is InChI=1S/C11H20N2O4/c1-13(3-5-16-6-4-14)8-10-7-11(9-15-2)17-12-10/h7,14H,3-6,8-9H2,1-2H3. The highest BCUT2D eigenvalue weighted by Crippen LogP contribution is 2.06. The van der Waals surface area contributed by atoms with Crippen LogP contribution in [0, 0.1) is 0 Å². The molecule has 0 fully saturated rings. The largest absolute Gasteiger partial charge is 0.394 e. The summed E-state index contributed by atoms with van der Waals surface area (Å²) < 4.78 is 15.2. The number of nitrogens with zero attached hydrogens (tertiary/aromatic N) is 2. The Bertz CT molecular complexity index is 303. The molecule has 0 aliphatic heterocycles. The quantitative estimate of drug-likeness (QED) is 0.629. The molecule has 98 valence electrons. The van der Waals surface area contributed by atoms with E-state index >= 15 is 0 Å². The van der Waals surface area contributed by atoms with E-state index < -0.39 is 0 Å². The third-order valence-corrected chi connectivity index (χ3v) is 2.18. The Hall–Kier alpha value is -0.950. The number of methoxy groups -OCH3 is 1. The fraction of sp³-hybridized carbons (Fsp3) is 0.727. The van der Waals surface area contributed by atoms with Crippen LogP contribution in [0.2, 0.25) is 0 Å². The summed E-state index contributed by atoms with van der Waals surface area (Å²) in [5.41, 5.74) is 0.877. The van der Waals surface area contributed by atoms with Gasteiger partial charge in [0.05, 0.1) is 25.5 Å². The SMILES string of the molecule is COCc1cc(CN(C)CCOCCO)no1. The number of aliphatic hydroxyl groups is 1. The lowest BCUT2D eigenvalue weighted by Gasteiger charge is -2.14. The molecule has 0 aromatic carbocycles. The fourth-order valence-corrected chi connectivity index (χ4v) is 1.38. The second-order valence-electron chi connectivity index (χ2n) is 3.79. The number of aliphatic hydroxyl groups excluding tert-OH is 1. The summed E-state index contributed by atoms with van der Waals surface area (Å²) in [6.45, 7) is 2.97. The van der Waals surface area contributed by atoms with Gasteiger partial charge in [0.15, 0.2) is 5.76 Å². The number of aromatic nitrogens is 1. The molecule has 0 unspecified atom stereocenters. The first kappa shape index (κ1) is 14.1. The maximum absolute atomic E-state index is 8.55. The minimum Gasteiger partial charge on any atom is -0.394 e. The number of hydrogen-bond donors (Lipinski definition) is 1. The van der Waals surface area contributed by atoms with Gasteiger partial charge in [-0.25, -0.2) is 0 Å². The highest BCUT2D eigenvalue weighted by atomic mass is 16.5. The first-order valence-corrected chi connectivity index (χ1v) is 5.56. The Balaban J connectivity index is 2.22. The first-order chi connectivity index (χ1) is 8.26. The predicted molar refractivity (Wildman–Crippen MR) is 61.5 cm³/mol. The lowest BCUT2D eigenvalue weighted by atomic mass is 10.3. The number of ether oxygens (including phenoxy) is 2. The molecule has 1 aromatic rings. The Kier molecular flexibility index (Phi) is 6.80. The van der Waals surface area contributed by atoms with Crippen LogP contribution in [0.3, 0.4) is 0 Å². The summed E-state index contributed by atoms with van der Waals surface area (Å²) >= 11 is 0. The van der Waals surface area contributed by atoms with E-state index in [2.05, 4.69) is 10.1 Å². The molecule has 1 aromatic heterocycles. The zero-order valence-electron chi connectivity index (χ0n) is 10.4. The predicted octanol–water partition coefficient (Wildman–Crippen LogP) is 0.262. The Morgan fingerprint density at radius 1 is 1.47 bits per heavy atom. The topological polar surface area (TPSA) is 68.0 Å². The minimum absolute atomic E-state index is 0.0629. The third kappa shape index (κ3) is 5.78. The summed E-state index contributed by atoms with van der Waals surface area (Å²) in [6, 6.07) is 1.88. The molecule has 0 spiro atoms. The zero-order valence-corrected chi connectivity index (χ0v) is 10.4. The van der Waals surface area contributed by atoms with Crippen LogP contribution < -0.4 is 0 Å². The fourth-order valence-electron chi connectivity index (χ4n) is 1.38. The van der Waals surface area contributed by atoms with Crippen LogP contribution in [-0.2, 0) is 22.6 Å². The molecule has 1 heterocycles. The van der Waals surface area contributed by atoms with E-state index in [1.54, 1.807) is 7.11 Å².